The van der Waals surface area contributed by atoms with E-state index in [1.165, 1.54) is 12.1 Å². The maximum Gasteiger partial charge on any atom is 0.343 e. The number of hydrogen-bond donors (Lipinski definition) is 1. The summed E-state index contributed by atoms with van der Waals surface area (Å²) in [6.07, 6.45) is -0.346. The number of aromatic nitrogens is 1. The smallest absolute Gasteiger partial charge is 0.343 e. The van der Waals surface area contributed by atoms with E-state index >= 15 is 0 Å². The first-order valence-electron chi connectivity index (χ1n) is 4.40. The highest BCUT2D eigenvalue weighted by Gasteiger charge is 2.18. The summed E-state index contributed by atoms with van der Waals surface area (Å²) in [4.78, 5) is 14.5. The number of carbonyl (C=O) groups is 1. The zero-order valence-corrected chi connectivity index (χ0v) is 7.72. The zero-order valence-electron chi connectivity index (χ0n) is 7.72. The first-order valence-corrected chi connectivity index (χ1v) is 4.40. The number of benzene rings is 1. The number of carboxylic acid groups (broad SMARTS) is 1. The predicted molar refractivity (Wildman–Crippen MR) is 53.2 cm³/mol. The summed E-state index contributed by atoms with van der Waals surface area (Å²) in [7, 11) is 0. The molecule has 76 valence electrons. The molecule has 0 aliphatic carbocycles. The van der Waals surface area contributed by atoms with Gasteiger partial charge < -0.3 is 5.11 Å². The van der Waals surface area contributed by atoms with Gasteiger partial charge in [0.2, 0.25) is 6.17 Å². The van der Waals surface area contributed by atoms with Crippen molar-refractivity contribution >= 4 is 16.9 Å². The molecule has 1 aromatic heterocycles. The topological polar surface area (TPSA) is 50.2 Å². The van der Waals surface area contributed by atoms with Gasteiger partial charge in [0.15, 0.2) is 0 Å². The van der Waals surface area contributed by atoms with E-state index in [-0.39, 0.29) is 5.56 Å². The minimum Gasteiger partial charge on any atom is -0.479 e. The summed E-state index contributed by atoms with van der Waals surface area (Å²) < 4.78 is 13.2. The van der Waals surface area contributed by atoms with E-state index in [2.05, 4.69) is 4.98 Å². The molecule has 0 fully saturated rings. The van der Waals surface area contributed by atoms with E-state index in [1.54, 1.807) is 24.4 Å². The minimum absolute atomic E-state index is 0.142. The molecule has 1 atom stereocenters. The Balaban J connectivity index is 2.51. The minimum atomic E-state index is -1.98. The molecular formula is C11H8FNO2. The molecule has 1 unspecified atom stereocenters. The first kappa shape index (κ1) is 9.58. The Bertz CT molecular complexity index is 513. The van der Waals surface area contributed by atoms with Crippen LogP contribution < -0.4 is 0 Å². The van der Waals surface area contributed by atoms with Gasteiger partial charge in [-0.15, -0.1) is 0 Å². The number of aliphatic carboxylic acids is 1. The number of fused-ring (bicyclic) bond motifs is 1. The van der Waals surface area contributed by atoms with Crippen molar-refractivity contribution < 1.29 is 14.3 Å². The second-order valence-corrected chi connectivity index (χ2v) is 3.16. The molecule has 0 saturated carbocycles. The van der Waals surface area contributed by atoms with Gasteiger partial charge in [0.05, 0.1) is 5.52 Å². The molecule has 0 aliphatic rings. The average molecular weight is 205 g/mol. The summed E-state index contributed by atoms with van der Waals surface area (Å²) in [5, 5.41) is 9.25. The molecule has 0 spiro atoms. The van der Waals surface area contributed by atoms with E-state index in [1.807, 2.05) is 0 Å². The van der Waals surface area contributed by atoms with Gasteiger partial charge >= 0.3 is 5.97 Å². The van der Waals surface area contributed by atoms with Gasteiger partial charge in [0.1, 0.15) is 0 Å². The largest absolute Gasteiger partial charge is 0.479 e. The van der Waals surface area contributed by atoms with Gasteiger partial charge in [-0.3, -0.25) is 4.98 Å². The van der Waals surface area contributed by atoms with Crippen molar-refractivity contribution in [1.29, 1.82) is 0 Å². The number of nitrogens with zero attached hydrogens (tertiary/aromatic N) is 1. The van der Waals surface area contributed by atoms with Crippen LogP contribution in [0, 0.1) is 0 Å². The molecule has 1 aromatic carbocycles. The monoisotopic (exact) mass is 205 g/mol. The highest BCUT2D eigenvalue weighted by atomic mass is 19.1. The van der Waals surface area contributed by atoms with Crippen LogP contribution in [0.1, 0.15) is 11.7 Å². The van der Waals surface area contributed by atoms with E-state index in [0.717, 1.165) is 10.9 Å². The maximum absolute atomic E-state index is 13.2. The van der Waals surface area contributed by atoms with Gasteiger partial charge in [-0.2, -0.15) is 0 Å². The second-order valence-electron chi connectivity index (χ2n) is 3.16. The van der Waals surface area contributed by atoms with Crippen LogP contribution in [0.5, 0.6) is 0 Å². The summed E-state index contributed by atoms with van der Waals surface area (Å²) in [6, 6.07) is 8.04. The Labute approximate surface area is 85.2 Å². The third-order valence-corrected chi connectivity index (χ3v) is 2.14. The van der Waals surface area contributed by atoms with Crippen LogP contribution in [0.4, 0.5) is 4.39 Å². The molecule has 15 heavy (non-hydrogen) atoms. The lowest BCUT2D eigenvalue weighted by Crippen LogP contribution is -2.05. The molecule has 2 aromatic rings. The highest BCUT2D eigenvalue weighted by molar-refractivity contribution is 5.81. The zero-order chi connectivity index (χ0) is 10.8. The molecule has 1 N–H and O–H groups in total. The van der Waals surface area contributed by atoms with E-state index in [0.29, 0.717) is 0 Å². The van der Waals surface area contributed by atoms with Crippen LogP contribution in [0.25, 0.3) is 10.9 Å². The summed E-state index contributed by atoms with van der Waals surface area (Å²) in [5.74, 6) is -1.47. The SMILES string of the molecule is O=C(O)C(F)c1ccc2ncccc2c1. The van der Waals surface area contributed by atoms with Crippen LogP contribution in [0.2, 0.25) is 0 Å². The van der Waals surface area contributed by atoms with Crippen LogP contribution >= 0.6 is 0 Å². The Hall–Kier alpha value is -1.97. The molecule has 0 amide bonds. The molecule has 4 heteroatoms. The molecule has 0 saturated heterocycles. The van der Waals surface area contributed by atoms with Crippen molar-refractivity contribution in [2.24, 2.45) is 0 Å². The molecule has 0 radical (unpaired) electrons. The number of hydrogen-bond acceptors (Lipinski definition) is 2. The van der Waals surface area contributed by atoms with Gasteiger partial charge in [-0.05, 0) is 23.8 Å². The lowest BCUT2D eigenvalue weighted by molar-refractivity contribution is -0.143. The van der Waals surface area contributed by atoms with E-state index in [9.17, 15) is 9.18 Å². The van der Waals surface area contributed by atoms with E-state index < -0.39 is 12.1 Å². The number of pyridine rings is 1. The van der Waals surface area contributed by atoms with Gasteiger partial charge in [0.25, 0.3) is 0 Å². The second kappa shape index (κ2) is 3.65. The Kier molecular flexibility index (Phi) is 2.33. The molecule has 2 rings (SSSR count). The van der Waals surface area contributed by atoms with E-state index in [4.69, 9.17) is 5.11 Å². The maximum atomic E-state index is 13.2. The van der Waals surface area contributed by atoms with Crippen LogP contribution in [0.3, 0.4) is 0 Å². The number of carboxylic acids is 1. The fourth-order valence-electron chi connectivity index (χ4n) is 1.39. The molecule has 0 bridgehead atoms. The van der Waals surface area contributed by atoms with Crippen molar-refractivity contribution in [3.63, 3.8) is 0 Å². The van der Waals surface area contributed by atoms with Crippen LogP contribution in [-0.2, 0) is 4.79 Å². The lowest BCUT2D eigenvalue weighted by Gasteiger charge is -2.04. The number of rotatable bonds is 2. The van der Waals surface area contributed by atoms with Gasteiger partial charge in [-0.25, -0.2) is 9.18 Å². The normalized spacial score (nSPS) is 12.6. The van der Waals surface area contributed by atoms with Crippen molar-refractivity contribution in [1.82, 2.24) is 4.98 Å². The van der Waals surface area contributed by atoms with Crippen molar-refractivity contribution in [3.8, 4) is 0 Å². The summed E-state index contributed by atoms with van der Waals surface area (Å²) in [6.45, 7) is 0. The fraction of sp³-hybridized carbons (Fsp3) is 0.0909. The van der Waals surface area contributed by atoms with Gasteiger partial charge in [0, 0.05) is 11.6 Å². The van der Waals surface area contributed by atoms with Gasteiger partial charge in [-0.1, -0.05) is 12.1 Å². The average Bonchev–Trinajstić information content (AvgIpc) is 2.27. The fourth-order valence-corrected chi connectivity index (χ4v) is 1.39. The molecule has 3 nitrogen and oxygen atoms in total. The van der Waals surface area contributed by atoms with Crippen LogP contribution in [0.15, 0.2) is 36.5 Å². The Morgan fingerprint density at radius 1 is 1.40 bits per heavy atom. The summed E-state index contributed by atoms with van der Waals surface area (Å²) >= 11 is 0. The summed E-state index contributed by atoms with van der Waals surface area (Å²) in [5.41, 5.74) is 0.863. The molecule has 0 aliphatic heterocycles. The number of alkyl halides is 1. The standard InChI is InChI=1S/C11H8FNO2/c12-10(11(14)15)8-3-4-9-7(6-8)2-1-5-13-9/h1-6,10H,(H,14,15). The molecule has 1 heterocycles. The quantitative estimate of drug-likeness (QED) is 0.818. The van der Waals surface area contributed by atoms with Crippen LogP contribution in [-0.4, -0.2) is 16.1 Å². The Morgan fingerprint density at radius 2 is 2.20 bits per heavy atom. The predicted octanol–water partition coefficient (Wildman–Crippen LogP) is 2.33. The third-order valence-electron chi connectivity index (χ3n) is 2.14. The highest BCUT2D eigenvalue weighted by Crippen LogP contribution is 2.21. The van der Waals surface area contributed by atoms with Crippen molar-refractivity contribution in [2.75, 3.05) is 0 Å². The third kappa shape index (κ3) is 1.79. The number of halogens is 1. The van der Waals surface area contributed by atoms with Crippen molar-refractivity contribution in [2.45, 2.75) is 6.17 Å². The molecular weight excluding hydrogens is 197 g/mol. The lowest BCUT2D eigenvalue weighted by atomic mass is 10.1. The first-order chi connectivity index (χ1) is 7.18. The Morgan fingerprint density at radius 3 is 2.93 bits per heavy atom. The van der Waals surface area contributed by atoms with Crippen molar-refractivity contribution in [3.05, 3.63) is 42.1 Å².